The average molecular weight is 264 g/mol. The second kappa shape index (κ2) is 5.14. The summed E-state index contributed by atoms with van der Waals surface area (Å²) in [4.78, 5) is 25.4. The zero-order valence-electron chi connectivity index (χ0n) is 11.5. The molecule has 0 radical (unpaired) electrons. The van der Waals surface area contributed by atoms with Gasteiger partial charge in [-0.05, 0) is 49.9 Å². The lowest BCUT2D eigenvalue weighted by atomic mass is 9.86. The van der Waals surface area contributed by atoms with Gasteiger partial charge >= 0.3 is 0 Å². The van der Waals surface area contributed by atoms with Crippen LogP contribution in [0.2, 0.25) is 0 Å². The monoisotopic (exact) mass is 264 g/mol. The number of hydrogen-bond acceptors (Lipinski definition) is 2. The number of rotatable bonds is 3. The van der Waals surface area contributed by atoms with E-state index in [2.05, 4.69) is 0 Å². The molecule has 1 heterocycles. The van der Waals surface area contributed by atoms with Crippen molar-refractivity contribution >= 4 is 11.8 Å². The van der Waals surface area contributed by atoms with Crippen LogP contribution in [0.25, 0.3) is 0 Å². The summed E-state index contributed by atoms with van der Waals surface area (Å²) in [6.07, 6.45) is 7.60. The lowest BCUT2D eigenvalue weighted by Crippen LogP contribution is -2.42. The fourth-order valence-electron chi connectivity index (χ4n) is 4.39. The first kappa shape index (κ1) is 12.9. The third-order valence-corrected chi connectivity index (χ3v) is 5.57. The van der Waals surface area contributed by atoms with Gasteiger partial charge < -0.3 is 10.6 Å². The van der Waals surface area contributed by atoms with E-state index in [1.165, 1.54) is 25.7 Å². The Kier molecular flexibility index (Phi) is 3.50. The molecule has 19 heavy (non-hydrogen) atoms. The van der Waals surface area contributed by atoms with E-state index in [1.807, 2.05) is 4.90 Å². The second-order valence-corrected chi connectivity index (χ2v) is 6.70. The van der Waals surface area contributed by atoms with Crippen molar-refractivity contribution in [2.24, 2.45) is 29.4 Å². The first-order chi connectivity index (χ1) is 9.13. The summed E-state index contributed by atoms with van der Waals surface area (Å²) in [7, 11) is 0. The van der Waals surface area contributed by atoms with Gasteiger partial charge in [0.1, 0.15) is 0 Å². The fourth-order valence-corrected chi connectivity index (χ4v) is 4.39. The van der Waals surface area contributed by atoms with Crippen LogP contribution in [0.1, 0.15) is 44.9 Å². The van der Waals surface area contributed by atoms with Gasteiger partial charge in [-0.2, -0.15) is 0 Å². The summed E-state index contributed by atoms with van der Waals surface area (Å²) in [6, 6.07) is 0. The van der Waals surface area contributed by atoms with E-state index < -0.39 is 0 Å². The van der Waals surface area contributed by atoms with Gasteiger partial charge in [0, 0.05) is 25.4 Å². The van der Waals surface area contributed by atoms with Gasteiger partial charge in [-0.1, -0.05) is 6.42 Å². The molecule has 2 aliphatic carbocycles. The first-order valence-corrected chi connectivity index (χ1v) is 7.70. The highest BCUT2D eigenvalue weighted by molar-refractivity contribution is 5.79. The molecule has 2 bridgehead atoms. The molecule has 0 spiro atoms. The molecule has 2 saturated carbocycles. The molecular weight excluding hydrogens is 240 g/mol. The van der Waals surface area contributed by atoms with E-state index in [9.17, 15) is 9.59 Å². The quantitative estimate of drug-likeness (QED) is 0.840. The van der Waals surface area contributed by atoms with Gasteiger partial charge in [0.25, 0.3) is 0 Å². The first-order valence-electron chi connectivity index (χ1n) is 7.70. The van der Waals surface area contributed by atoms with Crippen molar-refractivity contribution in [2.45, 2.75) is 44.9 Å². The third-order valence-electron chi connectivity index (χ3n) is 5.57. The molecule has 0 aromatic rings. The maximum Gasteiger partial charge on any atom is 0.222 e. The van der Waals surface area contributed by atoms with E-state index >= 15 is 0 Å². The molecule has 106 valence electrons. The highest BCUT2D eigenvalue weighted by Crippen LogP contribution is 2.49. The smallest absolute Gasteiger partial charge is 0.222 e. The Balaban J connectivity index is 1.48. The molecule has 3 aliphatic rings. The predicted octanol–water partition coefficient (Wildman–Crippen LogP) is 1.54. The number of fused-ring (bicyclic) bond motifs is 2. The summed E-state index contributed by atoms with van der Waals surface area (Å²) in [5, 5.41) is 0. The maximum atomic E-state index is 12.3. The lowest BCUT2D eigenvalue weighted by molar-refractivity contribution is -0.136. The predicted molar refractivity (Wildman–Crippen MR) is 72.1 cm³/mol. The topological polar surface area (TPSA) is 63.4 Å². The highest BCUT2D eigenvalue weighted by atomic mass is 16.2. The summed E-state index contributed by atoms with van der Waals surface area (Å²) < 4.78 is 0. The summed E-state index contributed by atoms with van der Waals surface area (Å²) >= 11 is 0. The number of nitrogens with zero attached hydrogens (tertiary/aromatic N) is 1. The number of hydrogen-bond donors (Lipinski definition) is 1. The molecule has 3 rings (SSSR count). The van der Waals surface area contributed by atoms with Crippen LogP contribution < -0.4 is 5.73 Å². The van der Waals surface area contributed by atoms with Gasteiger partial charge in [-0.15, -0.1) is 0 Å². The van der Waals surface area contributed by atoms with Crippen molar-refractivity contribution in [3.05, 3.63) is 0 Å². The average Bonchev–Trinajstić information content (AvgIpc) is 3.01. The highest BCUT2D eigenvalue weighted by Gasteiger charge is 2.40. The SMILES string of the molecule is NC(=O)C1CCN(C(=O)C[C@H]2C[C@H]3CC[C@@H]2C3)CC1. The van der Waals surface area contributed by atoms with Crippen LogP contribution in [0, 0.1) is 23.7 Å². The number of nitrogens with two attached hydrogens (primary N) is 1. The Morgan fingerprint density at radius 2 is 1.79 bits per heavy atom. The molecule has 0 aromatic heterocycles. The molecule has 0 unspecified atom stereocenters. The zero-order valence-corrected chi connectivity index (χ0v) is 11.5. The maximum absolute atomic E-state index is 12.3. The summed E-state index contributed by atoms with van der Waals surface area (Å²) in [6.45, 7) is 1.43. The normalized spacial score (nSPS) is 34.7. The Hall–Kier alpha value is -1.06. The number of likely N-dealkylation sites (tertiary alicyclic amines) is 1. The Bertz CT molecular complexity index is 374. The molecule has 2 N–H and O–H groups in total. The van der Waals surface area contributed by atoms with Gasteiger partial charge in [-0.25, -0.2) is 0 Å². The van der Waals surface area contributed by atoms with E-state index in [0.717, 1.165) is 31.1 Å². The summed E-state index contributed by atoms with van der Waals surface area (Å²) in [5.74, 6) is 2.44. The largest absolute Gasteiger partial charge is 0.369 e. The zero-order chi connectivity index (χ0) is 13.4. The van der Waals surface area contributed by atoms with Crippen LogP contribution in [-0.2, 0) is 9.59 Å². The molecule has 0 aromatic carbocycles. The Labute approximate surface area is 114 Å². The van der Waals surface area contributed by atoms with Crippen LogP contribution >= 0.6 is 0 Å². The molecule has 1 aliphatic heterocycles. The van der Waals surface area contributed by atoms with Crippen molar-refractivity contribution in [2.75, 3.05) is 13.1 Å². The third kappa shape index (κ3) is 2.63. The van der Waals surface area contributed by atoms with Gasteiger partial charge in [0.05, 0.1) is 0 Å². The Morgan fingerprint density at radius 3 is 2.32 bits per heavy atom. The van der Waals surface area contributed by atoms with Crippen LogP contribution in [0.5, 0.6) is 0 Å². The molecule has 1 saturated heterocycles. The van der Waals surface area contributed by atoms with Crippen LogP contribution in [0.15, 0.2) is 0 Å². The molecule has 4 heteroatoms. The minimum Gasteiger partial charge on any atom is -0.369 e. The molecular formula is C15H24N2O2. The minimum absolute atomic E-state index is 0.0217. The number of carbonyl (C=O) groups is 2. The molecule has 4 nitrogen and oxygen atoms in total. The number of amides is 2. The van der Waals surface area contributed by atoms with Crippen molar-refractivity contribution in [3.8, 4) is 0 Å². The molecule has 2 amide bonds. The van der Waals surface area contributed by atoms with Gasteiger partial charge in [-0.3, -0.25) is 9.59 Å². The minimum atomic E-state index is -0.208. The van der Waals surface area contributed by atoms with E-state index in [4.69, 9.17) is 5.73 Å². The number of primary amides is 1. The van der Waals surface area contributed by atoms with Gasteiger partial charge in [0.15, 0.2) is 0 Å². The van der Waals surface area contributed by atoms with E-state index in [0.29, 0.717) is 24.9 Å². The summed E-state index contributed by atoms with van der Waals surface area (Å²) in [5.41, 5.74) is 5.32. The van der Waals surface area contributed by atoms with E-state index in [-0.39, 0.29) is 11.8 Å². The number of piperidine rings is 1. The van der Waals surface area contributed by atoms with Crippen LogP contribution in [-0.4, -0.2) is 29.8 Å². The van der Waals surface area contributed by atoms with Crippen molar-refractivity contribution in [1.82, 2.24) is 4.90 Å². The van der Waals surface area contributed by atoms with Crippen molar-refractivity contribution in [3.63, 3.8) is 0 Å². The van der Waals surface area contributed by atoms with Crippen LogP contribution in [0.3, 0.4) is 0 Å². The van der Waals surface area contributed by atoms with Crippen molar-refractivity contribution in [1.29, 1.82) is 0 Å². The molecule has 3 atom stereocenters. The van der Waals surface area contributed by atoms with Crippen molar-refractivity contribution < 1.29 is 9.59 Å². The number of carbonyl (C=O) groups excluding carboxylic acids is 2. The molecule has 3 fully saturated rings. The second-order valence-electron chi connectivity index (χ2n) is 6.70. The Morgan fingerprint density at radius 1 is 1.05 bits per heavy atom. The standard InChI is InChI=1S/C15H24N2O2/c16-15(19)11-3-5-17(6-4-11)14(18)9-13-8-10-1-2-12(13)7-10/h10-13H,1-9H2,(H2,16,19)/t10-,12+,13+/m0/s1. The fraction of sp³-hybridized carbons (Fsp3) is 0.867. The van der Waals surface area contributed by atoms with Gasteiger partial charge in [0.2, 0.25) is 11.8 Å². The lowest BCUT2D eigenvalue weighted by Gasteiger charge is -2.32. The van der Waals surface area contributed by atoms with Crippen LogP contribution in [0.4, 0.5) is 0 Å². The van der Waals surface area contributed by atoms with E-state index in [1.54, 1.807) is 0 Å².